The van der Waals surface area contributed by atoms with Crippen molar-refractivity contribution in [3.63, 3.8) is 0 Å². The molecule has 1 amide bonds. The SMILES string of the molecule is CC(C)(O)C1CCCN1C(=O)Cc1c[nH]c2ccc(F)cc12. The van der Waals surface area contributed by atoms with Crippen molar-refractivity contribution >= 4 is 16.8 Å². The van der Waals surface area contributed by atoms with E-state index in [-0.39, 0.29) is 24.2 Å². The number of aromatic nitrogens is 1. The number of fused-ring (bicyclic) bond motifs is 1. The molecular formula is C17H21FN2O2. The summed E-state index contributed by atoms with van der Waals surface area (Å²) in [5, 5.41) is 11.0. The third-order valence-electron chi connectivity index (χ3n) is 4.46. The van der Waals surface area contributed by atoms with Crippen molar-refractivity contribution in [2.24, 2.45) is 0 Å². The van der Waals surface area contributed by atoms with Gasteiger partial charge in [-0.2, -0.15) is 0 Å². The fourth-order valence-electron chi connectivity index (χ4n) is 3.36. The van der Waals surface area contributed by atoms with Crippen molar-refractivity contribution in [3.8, 4) is 0 Å². The van der Waals surface area contributed by atoms with E-state index in [4.69, 9.17) is 0 Å². The van der Waals surface area contributed by atoms with Crippen LogP contribution in [0.3, 0.4) is 0 Å². The first kappa shape index (κ1) is 15.0. The summed E-state index contributed by atoms with van der Waals surface area (Å²) < 4.78 is 13.4. The van der Waals surface area contributed by atoms with Gasteiger partial charge in [0.2, 0.25) is 5.91 Å². The van der Waals surface area contributed by atoms with Crippen LogP contribution in [0.2, 0.25) is 0 Å². The number of rotatable bonds is 3. The number of likely N-dealkylation sites (tertiary alicyclic amines) is 1. The number of H-pyrrole nitrogens is 1. The highest BCUT2D eigenvalue weighted by atomic mass is 19.1. The topological polar surface area (TPSA) is 56.3 Å². The van der Waals surface area contributed by atoms with E-state index in [1.54, 1.807) is 31.0 Å². The van der Waals surface area contributed by atoms with E-state index in [1.807, 2.05) is 0 Å². The summed E-state index contributed by atoms with van der Waals surface area (Å²) in [6, 6.07) is 4.37. The van der Waals surface area contributed by atoms with Gasteiger partial charge in [-0.25, -0.2) is 4.39 Å². The zero-order valence-corrected chi connectivity index (χ0v) is 12.9. The van der Waals surface area contributed by atoms with E-state index in [0.717, 1.165) is 29.3 Å². The lowest BCUT2D eigenvalue weighted by atomic mass is 9.96. The minimum atomic E-state index is -0.904. The Hall–Kier alpha value is -1.88. The van der Waals surface area contributed by atoms with Crippen LogP contribution in [0.5, 0.6) is 0 Å². The van der Waals surface area contributed by atoms with Crippen molar-refractivity contribution in [2.75, 3.05) is 6.54 Å². The smallest absolute Gasteiger partial charge is 0.227 e. The molecule has 0 spiro atoms. The second-order valence-corrected chi connectivity index (χ2v) is 6.58. The van der Waals surface area contributed by atoms with E-state index in [2.05, 4.69) is 4.98 Å². The van der Waals surface area contributed by atoms with Crippen molar-refractivity contribution in [1.29, 1.82) is 0 Å². The normalized spacial score (nSPS) is 19.1. The molecule has 0 radical (unpaired) electrons. The fraction of sp³-hybridized carbons (Fsp3) is 0.471. The highest BCUT2D eigenvalue weighted by Crippen LogP contribution is 2.28. The maximum atomic E-state index is 13.4. The van der Waals surface area contributed by atoms with Crippen molar-refractivity contribution in [1.82, 2.24) is 9.88 Å². The summed E-state index contributed by atoms with van der Waals surface area (Å²) in [5.41, 5.74) is 0.712. The second-order valence-electron chi connectivity index (χ2n) is 6.58. The number of aromatic amines is 1. The van der Waals surface area contributed by atoms with E-state index in [0.29, 0.717) is 6.54 Å². The Balaban J connectivity index is 1.82. The number of hydrogen-bond acceptors (Lipinski definition) is 2. The van der Waals surface area contributed by atoms with E-state index in [9.17, 15) is 14.3 Å². The molecule has 0 bridgehead atoms. The number of amides is 1. The largest absolute Gasteiger partial charge is 0.388 e. The average molecular weight is 304 g/mol. The molecule has 1 aliphatic rings. The number of nitrogens with zero attached hydrogens (tertiary/aromatic N) is 1. The van der Waals surface area contributed by atoms with Gasteiger partial charge >= 0.3 is 0 Å². The van der Waals surface area contributed by atoms with Crippen LogP contribution in [0.15, 0.2) is 24.4 Å². The van der Waals surface area contributed by atoms with Crippen LogP contribution >= 0.6 is 0 Å². The zero-order chi connectivity index (χ0) is 15.9. The maximum Gasteiger partial charge on any atom is 0.227 e. The number of carbonyl (C=O) groups excluding carboxylic acids is 1. The van der Waals surface area contributed by atoms with Gasteiger partial charge in [0, 0.05) is 23.6 Å². The van der Waals surface area contributed by atoms with Crippen LogP contribution in [0.1, 0.15) is 32.3 Å². The summed E-state index contributed by atoms with van der Waals surface area (Å²) in [4.78, 5) is 17.4. The van der Waals surface area contributed by atoms with Crippen molar-refractivity contribution in [2.45, 2.75) is 44.8 Å². The van der Waals surface area contributed by atoms with Gasteiger partial charge in [0.25, 0.3) is 0 Å². The Morgan fingerprint density at radius 1 is 1.50 bits per heavy atom. The fourth-order valence-corrected chi connectivity index (χ4v) is 3.36. The first-order valence-corrected chi connectivity index (χ1v) is 7.63. The molecule has 1 atom stereocenters. The van der Waals surface area contributed by atoms with Gasteiger partial charge < -0.3 is 15.0 Å². The third-order valence-corrected chi connectivity index (χ3v) is 4.46. The van der Waals surface area contributed by atoms with Gasteiger partial charge in [-0.05, 0) is 50.5 Å². The van der Waals surface area contributed by atoms with Gasteiger partial charge in [0.15, 0.2) is 0 Å². The lowest BCUT2D eigenvalue weighted by Gasteiger charge is -2.33. The van der Waals surface area contributed by atoms with Gasteiger partial charge in [0.05, 0.1) is 18.1 Å². The predicted octanol–water partition coefficient (Wildman–Crippen LogP) is 2.61. The monoisotopic (exact) mass is 304 g/mol. The highest BCUT2D eigenvalue weighted by Gasteiger charge is 2.38. The minimum Gasteiger partial charge on any atom is -0.388 e. The Kier molecular flexibility index (Phi) is 3.68. The van der Waals surface area contributed by atoms with Crippen LogP contribution in [0.25, 0.3) is 10.9 Å². The standard InChI is InChI=1S/C17H21FN2O2/c1-17(2,22)15-4-3-7-20(15)16(21)8-11-10-19-14-6-5-12(18)9-13(11)14/h5-6,9-10,15,19,22H,3-4,7-8H2,1-2H3. The summed E-state index contributed by atoms with van der Waals surface area (Å²) >= 11 is 0. The number of nitrogens with one attached hydrogen (secondary N) is 1. The van der Waals surface area contributed by atoms with Crippen LogP contribution in [0.4, 0.5) is 4.39 Å². The molecule has 1 aromatic heterocycles. The molecule has 0 saturated carbocycles. The molecule has 1 saturated heterocycles. The Bertz CT molecular complexity index is 702. The Morgan fingerprint density at radius 3 is 3.00 bits per heavy atom. The number of hydrogen-bond donors (Lipinski definition) is 2. The third kappa shape index (κ3) is 2.73. The second kappa shape index (κ2) is 5.39. The van der Waals surface area contributed by atoms with Crippen LogP contribution < -0.4 is 0 Å². The number of halogens is 1. The van der Waals surface area contributed by atoms with E-state index < -0.39 is 5.60 Å². The summed E-state index contributed by atoms with van der Waals surface area (Å²) in [5.74, 6) is -0.328. The van der Waals surface area contributed by atoms with Gasteiger partial charge in [0.1, 0.15) is 5.82 Å². The number of benzene rings is 1. The quantitative estimate of drug-likeness (QED) is 0.916. The summed E-state index contributed by atoms with van der Waals surface area (Å²) in [6.07, 6.45) is 3.70. The number of aliphatic hydroxyl groups is 1. The summed E-state index contributed by atoms with van der Waals surface area (Å²) in [7, 11) is 0. The van der Waals surface area contributed by atoms with Gasteiger partial charge in [-0.3, -0.25) is 4.79 Å². The van der Waals surface area contributed by atoms with Crippen molar-refractivity contribution in [3.05, 3.63) is 35.8 Å². The molecule has 0 aliphatic carbocycles. The molecule has 1 unspecified atom stereocenters. The Labute approximate surface area is 128 Å². The maximum absolute atomic E-state index is 13.4. The number of carbonyl (C=O) groups is 1. The molecule has 1 aromatic carbocycles. The first-order chi connectivity index (χ1) is 10.4. The Morgan fingerprint density at radius 2 is 2.27 bits per heavy atom. The zero-order valence-electron chi connectivity index (χ0n) is 12.9. The molecule has 3 rings (SSSR count). The molecule has 2 N–H and O–H groups in total. The molecule has 1 aliphatic heterocycles. The molecule has 5 heteroatoms. The minimum absolute atomic E-state index is 0.0187. The van der Waals surface area contributed by atoms with E-state index in [1.165, 1.54) is 12.1 Å². The molecule has 1 fully saturated rings. The van der Waals surface area contributed by atoms with Crippen LogP contribution in [-0.4, -0.2) is 39.1 Å². The lowest BCUT2D eigenvalue weighted by Crippen LogP contribution is -2.48. The van der Waals surface area contributed by atoms with Crippen LogP contribution in [0, 0.1) is 5.82 Å². The van der Waals surface area contributed by atoms with Crippen molar-refractivity contribution < 1.29 is 14.3 Å². The summed E-state index contributed by atoms with van der Waals surface area (Å²) in [6.45, 7) is 4.15. The van der Waals surface area contributed by atoms with Gasteiger partial charge in [-0.15, -0.1) is 0 Å². The highest BCUT2D eigenvalue weighted by molar-refractivity contribution is 5.89. The molecule has 2 aromatic rings. The molecule has 118 valence electrons. The molecule has 22 heavy (non-hydrogen) atoms. The molecule has 4 nitrogen and oxygen atoms in total. The predicted molar refractivity (Wildman–Crippen MR) is 83.0 cm³/mol. The van der Waals surface area contributed by atoms with E-state index >= 15 is 0 Å². The first-order valence-electron chi connectivity index (χ1n) is 7.63. The van der Waals surface area contributed by atoms with Crippen LogP contribution in [-0.2, 0) is 11.2 Å². The average Bonchev–Trinajstić information content (AvgIpc) is 3.05. The molecular weight excluding hydrogens is 283 g/mol. The lowest BCUT2D eigenvalue weighted by molar-refractivity contribution is -0.135. The molecule has 2 heterocycles. The van der Waals surface area contributed by atoms with Gasteiger partial charge in [-0.1, -0.05) is 0 Å².